The normalized spacial score (nSPS) is 20.7. The molecule has 3 aliphatic rings. The van der Waals surface area contributed by atoms with Crippen LogP contribution in [0.1, 0.15) is 64.7 Å². The minimum absolute atomic E-state index is 0.500. The topological polar surface area (TPSA) is 57.9 Å². The molecule has 1 aromatic carbocycles. The fourth-order valence-corrected chi connectivity index (χ4v) is 7.01. The van der Waals surface area contributed by atoms with Crippen molar-refractivity contribution < 1.29 is 4.74 Å². The summed E-state index contributed by atoms with van der Waals surface area (Å²) in [7, 11) is 0. The Bertz CT molecular complexity index is 1100. The SMILES string of the molecule is CCOc1ccc(-c2nc3sc(N4CCN(C5CCCCC5)CC4)nn3c2NC2CCCC2)cc1. The second-order valence-corrected chi connectivity index (χ2v) is 11.2. The molecule has 3 heterocycles. The fourth-order valence-electron chi connectivity index (χ4n) is 6.06. The van der Waals surface area contributed by atoms with Gasteiger partial charge in [-0.05, 0) is 56.9 Å². The van der Waals surface area contributed by atoms with E-state index in [1.165, 1.54) is 57.8 Å². The highest BCUT2D eigenvalue weighted by Crippen LogP contribution is 2.36. The molecule has 0 amide bonds. The zero-order chi connectivity index (χ0) is 23.6. The van der Waals surface area contributed by atoms with Gasteiger partial charge < -0.3 is 15.0 Å². The van der Waals surface area contributed by atoms with Crippen molar-refractivity contribution in [2.24, 2.45) is 0 Å². The summed E-state index contributed by atoms with van der Waals surface area (Å²) in [6.07, 6.45) is 12.0. The molecule has 0 atom stereocenters. The Morgan fingerprint density at radius 3 is 2.37 bits per heavy atom. The van der Waals surface area contributed by atoms with Crippen molar-refractivity contribution in [2.75, 3.05) is 43.0 Å². The van der Waals surface area contributed by atoms with E-state index < -0.39 is 0 Å². The number of ether oxygens (including phenoxy) is 1. The Kier molecular flexibility index (Phi) is 6.83. The first-order valence-corrected chi connectivity index (χ1v) is 14.5. The maximum absolute atomic E-state index is 5.65. The quantitative estimate of drug-likeness (QED) is 0.457. The van der Waals surface area contributed by atoms with Crippen LogP contribution in [-0.4, -0.2) is 64.4 Å². The third-order valence-electron chi connectivity index (χ3n) is 8.00. The largest absolute Gasteiger partial charge is 0.494 e. The molecule has 2 aromatic heterocycles. The Hall–Kier alpha value is -2.32. The molecule has 1 saturated heterocycles. The van der Waals surface area contributed by atoms with E-state index in [1.807, 2.05) is 19.1 Å². The monoisotopic (exact) mass is 494 g/mol. The van der Waals surface area contributed by atoms with Crippen molar-refractivity contribution in [3.05, 3.63) is 24.3 Å². The van der Waals surface area contributed by atoms with E-state index in [1.54, 1.807) is 11.3 Å². The Morgan fingerprint density at radius 2 is 1.66 bits per heavy atom. The van der Waals surface area contributed by atoms with Gasteiger partial charge in [-0.1, -0.05) is 43.4 Å². The molecular formula is C27H38N6OS. The van der Waals surface area contributed by atoms with Crippen LogP contribution in [0, 0.1) is 0 Å². The molecule has 0 unspecified atom stereocenters. The van der Waals surface area contributed by atoms with E-state index in [4.69, 9.17) is 14.8 Å². The number of imidazole rings is 1. The fraction of sp³-hybridized carbons (Fsp3) is 0.630. The van der Waals surface area contributed by atoms with Crippen molar-refractivity contribution in [1.29, 1.82) is 0 Å². The molecule has 7 nitrogen and oxygen atoms in total. The molecule has 3 aromatic rings. The zero-order valence-electron chi connectivity index (χ0n) is 20.9. The first-order chi connectivity index (χ1) is 17.3. The minimum Gasteiger partial charge on any atom is -0.494 e. The molecule has 6 rings (SSSR count). The van der Waals surface area contributed by atoms with E-state index in [-0.39, 0.29) is 0 Å². The summed E-state index contributed by atoms with van der Waals surface area (Å²) in [4.78, 5) is 11.2. The minimum atomic E-state index is 0.500. The van der Waals surface area contributed by atoms with Gasteiger partial charge >= 0.3 is 0 Å². The van der Waals surface area contributed by atoms with Gasteiger partial charge in [-0.25, -0.2) is 4.98 Å². The standard InChI is InChI=1S/C27H38N6OS/c1-2-34-23-14-12-20(13-15-23)24-25(28-21-8-6-7-9-21)33-26(29-24)35-27(30-33)32-18-16-31(17-19-32)22-10-4-3-5-11-22/h12-15,21-22,28H,2-11,16-19H2,1H3. The lowest BCUT2D eigenvalue weighted by molar-refractivity contribution is 0.148. The van der Waals surface area contributed by atoms with Crippen LogP contribution in [0.2, 0.25) is 0 Å². The average molecular weight is 495 g/mol. The molecule has 0 radical (unpaired) electrons. The summed E-state index contributed by atoms with van der Waals surface area (Å²) >= 11 is 1.72. The lowest BCUT2D eigenvalue weighted by atomic mass is 9.94. The molecule has 8 heteroatoms. The van der Waals surface area contributed by atoms with Gasteiger partial charge in [0.1, 0.15) is 11.4 Å². The second kappa shape index (κ2) is 10.3. The zero-order valence-corrected chi connectivity index (χ0v) is 21.7. The maximum atomic E-state index is 5.65. The predicted octanol–water partition coefficient (Wildman–Crippen LogP) is 5.67. The van der Waals surface area contributed by atoms with E-state index in [0.717, 1.165) is 65.1 Å². The number of aromatic nitrogens is 3. The molecule has 0 spiro atoms. The van der Waals surface area contributed by atoms with E-state index in [0.29, 0.717) is 12.6 Å². The third kappa shape index (κ3) is 4.87. The van der Waals surface area contributed by atoms with Gasteiger partial charge in [0.15, 0.2) is 5.82 Å². The number of hydrogen-bond donors (Lipinski definition) is 1. The summed E-state index contributed by atoms with van der Waals surface area (Å²) in [6, 6.07) is 9.61. The van der Waals surface area contributed by atoms with Crippen molar-refractivity contribution in [2.45, 2.75) is 76.8 Å². The highest BCUT2D eigenvalue weighted by atomic mass is 32.1. The number of rotatable bonds is 7. The number of nitrogens with zero attached hydrogens (tertiary/aromatic N) is 5. The van der Waals surface area contributed by atoms with Gasteiger partial charge in [-0.15, -0.1) is 5.10 Å². The first-order valence-electron chi connectivity index (χ1n) is 13.7. The molecule has 35 heavy (non-hydrogen) atoms. The molecule has 0 bridgehead atoms. The van der Waals surface area contributed by atoms with Crippen LogP contribution in [0.5, 0.6) is 5.75 Å². The smallest absolute Gasteiger partial charge is 0.216 e. The van der Waals surface area contributed by atoms with Gasteiger partial charge in [0.25, 0.3) is 0 Å². The van der Waals surface area contributed by atoms with Crippen LogP contribution in [0.15, 0.2) is 24.3 Å². The van der Waals surface area contributed by atoms with Gasteiger partial charge in [-0.3, -0.25) is 4.90 Å². The van der Waals surface area contributed by atoms with Gasteiger partial charge in [-0.2, -0.15) is 4.52 Å². The molecule has 1 aliphatic heterocycles. The van der Waals surface area contributed by atoms with E-state index >= 15 is 0 Å². The average Bonchev–Trinajstić information content (AvgIpc) is 3.64. The van der Waals surface area contributed by atoms with Crippen molar-refractivity contribution in [3.8, 4) is 17.0 Å². The van der Waals surface area contributed by atoms with Crippen LogP contribution >= 0.6 is 11.3 Å². The summed E-state index contributed by atoms with van der Waals surface area (Å²) < 4.78 is 7.71. The van der Waals surface area contributed by atoms with Crippen molar-refractivity contribution in [1.82, 2.24) is 19.5 Å². The summed E-state index contributed by atoms with van der Waals surface area (Å²) in [5, 5.41) is 10.0. The molecule has 188 valence electrons. The molecule has 1 N–H and O–H groups in total. The molecule has 2 saturated carbocycles. The number of hydrogen-bond acceptors (Lipinski definition) is 7. The Balaban J connectivity index is 1.24. The van der Waals surface area contributed by atoms with Gasteiger partial charge in [0, 0.05) is 43.8 Å². The molecule has 3 fully saturated rings. The summed E-state index contributed by atoms with van der Waals surface area (Å²) in [6.45, 7) is 7.11. The van der Waals surface area contributed by atoms with Crippen LogP contribution < -0.4 is 15.0 Å². The number of benzene rings is 1. The molecular weight excluding hydrogens is 456 g/mol. The van der Waals surface area contributed by atoms with E-state index in [2.05, 4.69) is 31.8 Å². The van der Waals surface area contributed by atoms with Crippen molar-refractivity contribution in [3.63, 3.8) is 0 Å². The second-order valence-electron chi connectivity index (χ2n) is 10.3. The Labute approximate surface area is 212 Å². The van der Waals surface area contributed by atoms with Crippen molar-refractivity contribution >= 4 is 27.2 Å². The molecule has 2 aliphatic carbocycles. The summed E-state index contributed by atoms with van der Waals surface area (Å²) in [5.74, 6) is 1.94. The lowest BCUT2D eigenvalue weighted by Crippen LogP contribution is -2.50. The van der Waals surface area contributed by atoms with E-state index in [9.17, 15) is 0 Å². The van der Waals surface area contributed by atoms with Crippen LogP contribution in [-0.2, 0) is 0 Å². The summed E-state index contributed by atoms with van der Waals surface area (Å²) in [5.41, 5.74) is 2.10. The first kappa shape index (κ1) is 23.1. The third-order valence-corrected chi connectivity index (χ3v) is 8.97. The van der Waals surface area contributed by atoms with Crippen LogP contribution in [0.3, 0.4) is 0 Å². The van der Waals surface area contributed by atoms with Gasteiger partial charge in [0.2, 0.25) is 10.1 Å². The van der Waals surface area contributed by atoms with Crippen LogP contribution in [0.4, 0.5) is 10.9 Å². The maximum Gasteiger partial charge on any atom is 0.216 e. The number of nitrogens with one attached hydrogen (secondary N) is 1. The van der Waals surface area contributed by atoms with Gasteiger partial charge in [0.05, 0.1) is 6.61 Å². The number of fused-ring (bicyclic) bond motifs is 1. The highest BCUT2D eigenvalue weighted by molar-refractivity contribution is 7.20. The lowest BCUT2D eigenvalue weighted by Gasteiger charge is -2.40. The number of piperazine rings is 1. The number of anilines is 2. The Morgan fingerprint density at radius 1 is 0.943 bits per heavy atom. The van der Waals surface area contributed by atoms with Crippen LogP contribution in [0.25, 0.3) is 16.2 Å². The highest BCUT2D eigenvalue weighted by Gasteiger charge is 2.28. The predicted molar refractivity (Wildman–Crippen MR) is 144 cm³/mol.